The average Bonchev–Trinajstić information content (AvgIpc) is 2.90. The Morgan fingerprint density at radius 1 is 0.297 bits per heavy atom. The zero-order valence-corrected chi connectivity index (χ0v) is 22.4. The summed E-state index contributed by atoms with van der Waals surface area (Å²) < 4.78 is 0. The summed E-state index contributed by atoms with van der Waals surface area (Å²) in [7, 11) is 0. The van der Waals surface area contributed by atoms with Crippen molar-refractivity contribution in [2.24, 2.45) is 0 Å². The van der Waals surface area contributed by atoms with Gasteiger partial charge in [0.15, 0.2) is 0 Å². The molecule has 0 unspecified atom stereocenters. The topological polar surface area (TPSA) is 6.48 Å². The molecule has 0 bridgehead atoms. The summed E-state index contributed by atoms with van der Waals surface area (Å²) in [6, 6.07) is 41.2. The lowest BCUT2D eigenvalue weighted by Crippen LogP contribution is -2.17. The van der Waals surface area contributed by atoms with Gasteiger partial charge in [-0.25, -0.2) is 0 Å². The lowest BCUT2D eigenvalue weighted by molar-refractivity contribution is 1.17. The van der Waals surface area contributed by atoms with Crippen molar-refractivity contribution in [3.63, 3.8) is 0 Å². The van der Waals surface area contributed by atoms with E-state index < -0.39 is 0 Å². The highest BCUT2D eigenvalue weighted by molar-refractivity contribution is 5.88. The second kappa shape index (κ2) is 10.4. The van der Waals surface area contributed by atoms with Crippen molar-refractivity contribution in [3.8, 4) is 0 Å². The Hall–Kier alpha value is -4.30. The third kappa shape index (κ3) is 4.63. The monoisotopic (exact) mass is 482 g/mol. The fourth-order valence-corrected chi connectivity index (χ4v) is 5.13. The first-order valence-electron chi connectivity index (χ1n) is 12.9. The molecule has 0 atom stereocenters. The number of hydrogen-bond acceptors (Lipinski definition) is 2. The van der Waals surface area contributed by atoms with Crippen molar-refractivity contribution in [2.45, 2.75) is 34.6 Å². The van der Waals surface area contributed by atoms with Crippen LogP contribution in [0.25, 0.3) is 0 Å². The molecule has 0 saturated heterocycles. The summed E-state index contributed by atoms with van der Waals surface area (Å²) in [5.41, 5.74) is 13.3. The van der Waals surface area contributed by atoms with Crippen molar-refractivity contribution in [2.75, 3.05) is 9.80 Å². The van der Waals surface area contributed by atoms with Gasteiger partial charge < -0.3 is 9.80 Å². The minimum Gasteiger partial charge on any atom is -0.310 e. The van der Waals surface area contributed by atoms with E-state index in [-0.39, 0.29) is 0 Å². The van der Waals surface area contributed by atoms with Gasteiger partial charge in [-0.3, -0.25) is 0 Å². The number of nitrogens with zero attached hydrogens (tertiary/aromatic N) is 2. The number of benzene rings is 5. The first-order chi connectivity index (χ1) is 18.0. The van der Waals surface area contributed by atoms with Crippen molar-refractivity contribution in [3.05, 3.63) is 143 Å². The van der Waals surface area contributed by atoms with Crippen LogP contribution in [0.15, 0.2) is 115 Å². The quantitative estimate of drug-likeness (QED) is 0.237. The van der Waals surface area contributed by atoms with Crippen molar-refractivity contribution in [1.82, 2.24) is 0 Å². The zero-order chi connectivity index (χ0) is 25.9. The molecular formula is C35H34N2. The van der Waals surface area contributed by atoms with Gasteiger partial charge in [0.1, 0.15) is 0 Å². The zero-order valence-electron chi connectivity index (χ0n) is 22.4. The summed E-state index contributed by atoms with van der Waals surface area (Å²) >= 11 is 0. The maximum absolute atomic E-state index is 2.41. The molecule has 2 heteroatoms. The highest BCUT2D eigenvalue weighted by Crippen LogP contribution is 2.45. The van der Waals surface area contributed by atoms with E-state index in [9.17, 15) is 0 Å². The molecule has 0 fully saturated rings. The smallest absolute Gasteiger partial charge is 0.0511 e. The van der Waals surface area contributed by atoms with Gasteiger partial charge >= 0.3 is 0 Å². The van der Waals surface area contributed by atoms with Crippen molar-refractivity contribution in [1.29, 1.82) is 0 Å². The van der Waals surface area contributed by atoms with E-state index in [0.29, 0.717) is 0 Å². The Labute approximate surface area is 221 Å². The lowest BCUT2D eigenvalue weighted by atomic mass is 10.0. The lowest BCUT2D eigenvalue weighted by Gasteiger charge is -2.34. The summed E-state index contributed by atoms with van der Waals surface area (Å²) in [6.45, 7) is 11.0. The summed E-state index contributed by atoms with van der Waals surface area (Å²) in [5, 5.41) is 0. The fourth-order valence-electron chi connectivity index (χ4n) is 5.13. The molecule has 0 saturated carbocycles. The predicted octanol–water partition coefficient (Wildman–Crippen LogP) is 10.2. The van der Waals surface area contributed by atoms with E-state index in [1.165, 1.54) is 61.9 Å². The molecule has 0 aliphatic carbocycles. The summed E-state index contributed by atoms with van der Waals surface area (Å²) in [4.78, 5) is 4.83. The molecule has 2 nitrogen and oxygen atoms in total. The van der Waals surface area contributed by atoms with Crippen LogP contribution in [-0.2, 0) is 0 Å². The Morgan fingerprint density at radius 3 is 0.811 bits per heavy atom. The van der Waals surface area contributed by atoms with Crippen LogP contribution < -0.4 is 9.80 Å². The van der Waals surface area contributed by atoms with Gasteiger partial charge in [-0.05, 0) is 98.8 Å². The van der Waals surface area contributed by atoms with Crippen molar-refractivity contribution < 1.29 is 0 Å². The fraction of sp³-hybridized carbons (Fsp3) is 0.143. The van der Waals surface area contributed by atoms with Crippen LogP contribution in [0, 0.1) is 34.6 Å². The van der Waals surface area contributed by atoms with Gasteiger partial charge in [-0.1, -0.05) is 78.9 Å². The first-order valence-corrected chi connectivity index (χ1v) is 12.9. The number of anilines is 6. The minimum absolute atomic E-state index is 1.17. The number of rotatable bonds is 6. The van der Waals surface area contributed by atoms with Crippen LogP contribution in [0.3, 0.4) is 0 Å². The average molecular weight is 483 g/mol. The maximum Gasteiger partial charge on any atom is 0.0511 e. The largest absolute Gasteiger partial charge is 0.310 e. The van der Waals surface area contributed by atoms with E-state index >= 15 is 0 Å². The molecule has 0 radical (unpaired) electrons. The second-order valence-corrected chi connectivity index (χ2v) is 9.74. The highest BCUT2D eigenvalue weighted by Gasteiger charge is 2.23. The molecule has 5 aromatic rings. The van der Waals surface area contributed by atoms with Crippen LogP contribution in [0.4, 0.5) is 34.1 Å². The second-order valence-electron chi connectivity index (χ2n) is 9.74. The van der Waals surface area contributed by atoms with E-state index in [1.54, 1.807) is 0 Å². The molecule has 0 amide bonds. The van der Waals surface area contributed by atoms with Gasteiger partial charge in [-0.2, -0.15) is 0 Å². The third-order valence-electron chi connectivity index (χ3n) is 7.18. The Kier molecular flexibility index (Phi) is 6.83. The molecule has 0 spiro atoms. The molecule has 0 aliphatic heterocycles. The molecule has 0 N–H and O–H groups in total. The first kappa shape index (κ1) is 24.4. The summed E-state index contributed by atoms with van der Waals surface area (Å²) in [6.07, 6.45) is 0. The molecule has 184 valence electrons. The Morgan fingerprint density at radius 2 is 0.541 bits per heavy atom. The molecule has 0 heterocycles. The van der Waals surface area contributed by atoms with Crippen LogP contribution in [0.2, 0.25) is 0 Å². The minimum atomic E-state index is 1.17. The maximum atomic E-state index is 2.41. The van der Waals surface area contributed by atoms with E-state index in [2.05, 4.69) is 160 Å². The van der Waals surface area contributed by atoms with Crippen LogP contribution >= 0.6 is 0 Å². The van der Waals surface area contributed by atoms with Gasteiger partial charge in [0.25, 0.3) is 0 Å². The molecule has 0 aliphatic rings. The number of para-hydroxylation sites is 4. The van der Waals surface area contributed by atoms with E-state index in [4.69, 9.17) is 0 Å². The van der Waals surface area contributed by atoms with Gasteiger partial charge in [0, 0.05) is 22.7 Å². The number of aryl methyl sites for hydroxylation is 4. The molecule has 5 aromatic carbocycles. The Bertz CT molecular complexity index is 1340. The van der Waals surface area contributed by atoms with E-state index in [0.717, 1.165) is 0 Å². The van der Waals surface area contributed by atoms with Crippen LogP contribution in [-0.4, -0.2) is 0 Å². The van der Waals surface area contributed by atoms with Gasteiger partial charge in [0.05, 0.1) is 11.4 Å². The molecule has 37 heavy (non-hydrogen) atoms. The standard InChI is InChI=1S/C35H34N2/c1-25-15-6-10-19-30(25)36(31-20-11-7-16-26(31)2)34-23-14-24-35(29(34)5)37(32-21-12-8-17-27(32)3)33-22-13-9-18-28(33)4/h6-24H,1-5H3. The van der Waals surface area contributed by atoms with Crippen LogP contribution in [0.1, 0.15) is 27.8 Å². The van der Waals surface area contributed by atoms with Crippen molar-refractivity contribution >= 4 is 34.1 Å². The molecule has 5 rings (SSSR count). The van der Waals surface area contributed by atoms with Gasteiger partial charge in [-0.15, -0.1) is 0 Å². The van der Waals surface area contributed by atoms with Crippen LogP contribution in [0.5, 0.6) is 0 Å². The predicted molar refractivity (Wildman–Crippen MR) is 159 cm³/mol. The Balaban J connectivity index is 1.78. The highest BCUT2D eigenvalue weighted by atomic mass is 15.2. The number of hydrogen-bond donors (Lipinski definition) is 0. The SMILES string of the molecule is Cc1ccccc1N(c1ccccc1C)c1cccc(N(c2ccccc2C)c2ccccc2C)c1C. The summed E-state index contributed by atoms with van der Waals surface area (Å²) in [5.74, 6) is 0. The molecular weight excluding hydrogens is 448 g/mol. The van der Waals surface area contributed by atoms with Gasteiger partial charge in [0.2, 0.25) is 0 Å². The van der Waals surface area contributed by atoms with E-state index in [1.807, 2.05) is 0 Å². The normalized spacial score (nSPS) is 10.8. The third-order valence-corrected chi connectivity index (χ3v) is 7.18. The molecule has 0 aromatic heterocycles.